The Morgan fingerprint density at radius 3 is 2.42 bits per heavy atom. The summed E-state index contributed by atoms with van der Waals surface area (Å²) in [4.78, 5) is 1.17. The van der Waals surface area contributed by atoms with Crippen LogP contribution < -0.4 is 10.5 Å². The van der Waals surface area contributed by atoms with E-state index in [4.69, 9.17) is 15.9 Å². The molecule has 0 saturated heterocycles. The van der Waals surface area contributed by atoms with Gasteiger partial charge in [0.05, 0.1) is 3.79 Å². The van der Waals surface area contributed by atoms with Crippen LogP contribution >= 0.6 is 27.3 Å². The number of hydrogen-bond acceptors (Lipinski definition) is 3. The van der Waals surface area contributed by atoms with Crippen molar-refractivity contribution in [1.29, 1.82) is 5.41 Å². The fourth-order valence-electron chi connectivity index (χ4n) is 1.91. The summed E-state index contributed by atoms with van der Waals surface area (Å²) in [6.45, 7) is 4.50. The molecule has 19 heavy (non-hydrogen) atoms. The first-order valence-electron chi connectivity index (χ1n) is 5.80. The number of ether oxygens (including phenoxy) is 1. The first kappa shape index (κ1) is 14.1. The van der Waals surface area contributed by atoms with E-state index in [1.807, 2.05) is 38.1 Å². The van der Waals surface area contributed by atoms with Gasteiger partial charge in [-0.05, 0) is 65.2 Å². The molecule has 0 unspecified atom stereocenters. The van der Waals surface area contributed by atoms with Gasteiger partial charge in [-0.2, -0.15) is 0 Å². The molecule has 0 aliphatic rings. The van der Waals surface area contributed by atoms with Crippen molar-refractivity contribution in [3.05, 3.63) is 49.6 Å². The molecule has 100 valence electrons. The predicted octanol–water partition coefficient (Wildman–Crippen LogP) is 3.99. The van der Waals surface area contributed by atoms with Gasteiger partial charge in [0.1, 0.15) is 18.2 Å². The summed E-state index contributed by atoms with van der Waals surface area (Å²) < 4.78 is 6.98. The number of rotatable bonds is 4. The van der Waals surface area contributed by atoms with E-state index in [2.05, 4.69) is 15.9 Å². The van der Waals surface area contributed by atoms with E-state index in [9.17, 15) is 0 Å². The Labute approximate surface area is 125 Å². The molecule has 0 amide bonds. The zero-order valence-electron chi connectivity index (χ0n) is 10.8. The normalized spacial score (nSPS) is 10.5. The topological polar surface area (TPSA) is 59.1 Å². The Bertz CT molecular complexity index is 599. The largest absolute Gasteiger partial charge is 0.488 e. The van der Waals surface area contributed by atoms with Gasteiger partial charge < -0.3 is 10.5 Å². The van der Waals surface area contributed by atoms with E-state index in [1.165, 1.54) is 4.88 Å². The average molecular weight is 339 g/mol. The van der Waals surface area contributed by atoms with E-state index < -0.39 is 0 Å². The van der Waals surface area contributed by atoms with Crippen molar-refractivity contribution in [3.8, 4) is 5.75 Å². The molecule has 0 atom stereocenters. The summed E-state index contributed by atoms with van der Waals surface area (Å²) in [6.07, 6.45) is 0. The van der Waals surface area contributed by atoms with Gasteiger partial charge in [-0.1, -0.05) is 0 Å². The van der Waals surface area contributed by atoms with Crippen molar-refractivity contribution >= 4 is 33.1 Å². The fraction of sp³-hybridized carbons (Fsp3) is 0.214. The van der Waals surface area contributed by atoms with Gasteiger partial charge in [-0.25, -0.2) is 0 Å². The Hall–Kier alpha value is -1.33. The van der Waals surface area contributed by atoms with Crippen molar-refractivity contribution in [3.63, 3.8) is 0 Å². The molecule has 2 aromatic rings. The Balaban J connectivity index is 2.18. The Kier molecular flexibility index (Phi) is 4.27. The second kappa shape index (κ2) is 5.75. The van der Waals surface area contributed by atoms with Crippen LogP contribution in [0.5, 0.6) is 5.75 Å². The van der Waals surface area contributed by atoms with Crippen LogP contribution in [-0.2, 0) is 6.61 Å². The number of nitrogens with one attached hydrogen (secondary N) is 1. The van der Waals surface area contributed by atoms with Gasteiger partial charge >= 0.3 is 0 Å². The molecule has 0 spiro atoms. The van der Waals surface area contributed by atoms with Gasteiger partial charge in [-0.3, -0.25) is 5.41 Å². The number of amidine groups is 1. The molecular formula is C14H15BrN2OS. The first-order valence-corrected chi connectivity index (χ1v) is 7.41. The highest BCUT2D eigenvalue weighted by molar-refractivity contribution is 9.11. The highest BCUT2D eigenvalue weighted by atomic mass is 79.9. The standard InChI is InChI=1S/C14H15BrN2OS/c1-8-5-10(14(16)17)6-9(2)13(8)18-7-11-3-4-12(15)19-11/h3-6H,7H2,1-2H3,(H3,16,17). The molecular weight excluding hydrogens is 324 g/mol. The molecule has 1 heterocycles. The molecule has 0 saturated carbocycles. The maximum absolute atomic E-state index is 7.47. The minimum atomic E-state index is 0.0833. The molecule has 3 nitrogen and oxygen atoms in total. The second-order valence-electron chi connectivity index (χ2n) is 4.35. The molecule has 1 aromatic heterocycles. The van der Waals surface area contributed by atoms with Gasteiger partial charge in [0.15, 0.2) is 0 Å². The van der Waals surface area contributed by atoms with Crippen LogP contribution in [0.2, 0.25) is 0 Å². The summed E-state index contributed by atoms with van der Waals surface area (Å²) in [5.41, 5.74) is 8.25. The average Bonchev–Trinajstić information content (AvgIpc) is 2.73. The van der Waals surface area contributed by atoms with Gasteiger partial charge in [-0.15, -0.1) is 11.3 Å². The molecule has 2 rings (SSSR count). The van der Waals surface area contributed by atoms with Crippen molar-refractivity contribution in [2.45, 2.75) is 20.5 Å². The minimum absolute atomic E-state index is 0.0833. The lowest BCUT2D eigenvalue weighted by Crippen LogP contribution is -2.12. The van der Waals surface area contributed by atoms with Crippen molar-refractivity contribution in [2.75, 3.05) is 0 Å². The van der Waals surface area contributed by atoms with Crippen LogP contribution in [0.1, 0.15) is 21.6 Å². The third kappa shape index (κ3) is 3.36. The zero-order chi connectivity index (χ0) is 14.0. The van der Waals surface area contributed by atoms with Crippen LogP contribution in [0.15, 0.2) is 28.1 Å². The Morgan fingerprint density at radius 2 is 1.95 bits per heavy atom. The summed E-state index contributed by atoms with van der Waals surface area (Å²) >= 11 is 5.10. The van der Waals surface area contributed by atoms with Crippen molar-refractivity contribution in [1.82, 2.24) is 0 Å². The predicted molar refractivity (Wildman–Crippen MR) is 83.3 cm³/mol. The van der Waals surface area contributed by atoms with Crippen LogP contribution in [0, 0.1) is 19.3 Å². The van der Waals surface area contributed by atoms with E-state index in [0.29, 0.717) is 6.61 Å². The van der Waals surface area contributed by atoms with Gasteiger partial charge in [0.2, 0.25) is 0 Å². The summed E-state index contributed by atoms with van der Waals surface area (Å²) in [5.74, 6) is 0.953. The number of thiophene rings is 1. The van der Waals surface area contributed by atoms with E-state index in [-0.39, 0.29) is 5.84 Å². The number of nitrogen functional groups attached to an aromatic ring is 1. The zero-order valence-corrected chi connectivity index (χ0v) is 13.2. The van der Waals surface area contributed by atoms with Crippen LogP contribution in [-0.4, -0.2) is 5.84 Å². The van der Waals surface area contributed by atoms with Crippen molar-refractivity contribution in [2.24, 2.45) is 5.73 Å². The van der Waals surface area contributed by atoms with Crippen LogP contribution in [0.25, 0.3) is 0 Å². The third-order valence-electron chi connectivity index (χ3n) is 2.76. The molecule has 0 fully saturated rings. The number of hydrogen-bond donors (Lipinski definition) is 2. The highest BCUT2D eigenvalue weighted by Gasteiger charge is 2.09. The Morgan fingerprint density at radius 1 is 1.32 bits per heavy atom. The lowest BCUT2D eigenvalue weighted by atomic mass is 10.1. The lowest BCUT2D eigenvalue weighted by Gasteiger charge is -2.13. The number of benzene rings is 1. The van der Waals surface area contributed by atoms with Gasteiger partial charge in [0, 0.05) is 10.4 Å². The maximum atomic E-state index is 7.47. The second-order valence-corrected chi connectivity index (χ2v) is 6.89. The summed E-state index contributed by atoms with van der Waals surface area (Å²) in [7, 11) is 0. The van der Waals surface area contributed by atoms with Gasteiger partial charge in [0.25, 0.3) is 0 Å². The molecule has 0 aliphatic carbocycles. The number of aryl methyl sites for hydroxylation is 2. The number of halogens is 1. The third-order valence-corrected chi connectivity index (χ3v) is 4.36. The van der Waals surface area contributed by atoms with E-state index >= 15 is 0 Å². The molecule has 3 N–H and O–H groups in total. The van der Waals surface area contributed by atoms with E-state index in [1.54, 1.807) is 11.3 Å². The minimum Gasteiger partial charge on any atom is -0.488 e. The molecule has 0 bridgehead atoms. The molecule has 1 aromatic carbocycles. The molecule has 0 aliphatic heterocycles. The van der Waals surface area contributed by atoms with Crippen molar-refractivity contribution < 1.29 is 4.74 Å². The maximum Gasteiger partial charge on any atom is 0.125 e. The quantitative estimate of drug-likeness (QED) is 0.654. The first-order chi connectivity index (χ1) is 8.97. The highest BCUT2D eigenvalue weighted by Crippen LogP contribution is 2.28. The molecule has 0 radical (unpaired) electrons. The monoisotopic (exact) mass is 338 g/mol. The lowest BCUT2D eigenvalue weighted by molar-refractivity contribution is 0.305. The summed E-state index contributed by atoms with van der Waals surface area (Å²) in [6, 6.07) is 7.83. The SMILES string of the molecule is Cc1cc(C(=N)N)cc(C)c1OCc1ccc(Br)s1. The fourth-order valence-corrected chi connectivity index (χ4v) is 3.30. The molecule has 5 heteroatoms. The van der Waals surface area contributed by atoms with Crippen LogP contribution in [0.4, 0.5) is 0 Å². The van der Waals surface area contributed by atoms with Crippen LogP contribution in [0.3, 0.4) is 0 Å². The summed E-state index contributed by atoms with van der Waals surface area (Å²) in [5, 5.41) is 7.47. The number of nitrogens with two attached hydrogens (primary N) is 1. The smallest absolute Gasteiger partial charge is 0.125 e. The van der Waals surface area contributed by atoms with E-state index in [0.717, 1.165) is 26.2 Å².